The first-order valence-electron chi connectivity index (χ1n) is 18.5. The van der Waals surface area contributed by atoms with Crippen molar-refractivity contribution in [2.24, 2.45) is 8.80 Å². The zero-order chi connectivity index (χ0) is 47.3. The van der Waals surface area contributed by atoms with Gasteiger partial charge in [-0.15, -0.1) is 11.3 Å². The minimum absolute atomic E-state index is 0.0535. The van der Waals surface area contributed by atoms with Crippen LogP contribution in [0.2, 0.25) is 0 Å². The molecule has 0 saturated heterocycles. The van der Waals surface area contributed by atoms with Crippen LogP contribution in [0.1, 0.15) is 59.9 Å². The number of hydrogen-bond acceptors (Lipinski definition) is 17. The van der Waals surface area contributed by atoms with Crippen LogP contribution in [0, 0.1) is 0 Å². The van der Waals surface area contributed by atoms with Gasteiger partial charge in [0, 0.05) is 73.2 Å². The number of thiocarbonyl (C=S) groups is 1. The van der Waals surface area contributed by atoms with E-state index < -0.39 is 21.7 Å². The Kier molecular flexibility index (Phi) is 36.8. The number of carbonyl (C=O) groups excluding carboxylic acids is 5. The Labute approximate surface area is 369 Å². The van der Waals surface area contributed by atoms with E-state index in [0.717, 1.165) is 0 Å². The maximum atomic E-state index is 11.1. The number of amides is 5. The average molecular weight is 922 g/mol. The van der Waals surface area contributed by atoms with Crippen LogP contribution in [0.3, 0.4) is 0 Å². The number of hydrazine groups is 1. The molecule has 25 heteroatoms. The van der Waals surface area contributed by atoms with Gasteiger partial charge < -0.3 is 56.2 Å². The second-order valence-electron chi connectivity index (χ2n) is 10.5. The molecule has 1 aliphatic heterocycles. The highest BCUT2D eigenvalue weighted by Gasteiger charge is 2.23. The summed E-state index contributed by atoms with van der Waals surface area (Å²) in [4.78, 5) is 76.3. The molecular formula is C36H63N11O11S3. The molecular weight excluding hydrogens is 859 g/mol. The number of nitrogens with zero attached hydrogens (tertiary/aromatic N) is 2. The normalized spacial score (nSPS) is 10.6. The molecule has 1 aliphatic rings. The van der Waals surface area contributed by atoms with Gasteiger partial charge in [0.2, 0.25) is 29.2 Å². The third-order valence-corrected chi connectivity index (χ3v) is 8.54. The number of ether oxygens (including phenoxy) is 4. The fourth-order valence-corrected chi connectivity index (χ4v) is 4.93. The van der Waals surface area contributed by atoms with Gasteiger partial charge in [-0.1, -0.05) is 0 Å². The van der Waals surface area contributed by atoms with E-state index in [1.807, 2.05) is 13.8 Å². The molecule has 0 unspecified atom stereocenters. The van der Waals surface area contributed by atoms with Gasteiger partial charge in [-0.05, 0) is 65.0 Å². The van der Waals surface area contributed by atoms with E-state index >= 15 is 0 Å². The minimum Gasteiger partial charge on any atom is -0.486 e. The van der Waals surface area contributed by atoms with Crippen molar-refractivity contribution in [2.45, 2.75) is 40.5 Å². The topological polar surface area (TPSA) is 289 Å². The van der Waals surface area contributed by atoms with E-state index in [1.165, 1.54) is 25.4 Å². The molecule has 9 N–H and O–H groups in total. The van der Waals surface area contributed by atoms with Crippen molar-refractivity contribution in [3.05, 3.63) is 42.3 Å². The Bertz CT molecular complexity index is 1690. The fraction of sp³-hybridized carbons (Fsp3) is 0.528. The summed E-state index contributed by atoms with van der Waals surface area (Å²) in [5, 5.41) is 18.3. The van der Waals surface area contributed by atoms with Crippen molar-refractivity contribution in [3.63, 3.8) is 0 Å². The minimum atomic E-state index is -0.583. The van der Waals surface area contributed by atoms with Gasteiger partial charge in [0.1, 0.15) is 6.42 Å². The molecule has 1 aromatic heterocycles. The van der Waals surface area contributed by atoms with Gasteiger partial charge in [0.15, 0.2) is 5.11 Å². The van der Waals surface area contributed by atoms with E-state index in [2.05, 4.69) is 75.0 Å². The summed E-state index contributed by atoms with van der Waals surface area (Å²) in [7, 11) is 12.5. The zero-order valence-electron chi connectivity index (χ0n) is 36.9. The lowest BCUT2D eigenvalue weighted by Gasteiger charge is -2.10. The van der Waals surface area contributed by atoms with Crippen LogP contribution in [-0.4, -0.2) is 142 Å². The molecule has 61 heavy (non-hydrogen) atoms. The van der Waals surface area contributed by atoms with Crippen molar-refractivity contribution in [1.82, 2.24) is 48.1 Å². The maximum Gasteiger partial charge on any atom is 0.286 e. The molecule has 2 aromatic rings. The summed E-state index contributed by atoms with van der Waals surface area (Å²) in [5.74, 6) is 3.99. The monoisotopic (exact) mass is 921 g/mol. The Morgan fingerprint density at radius 3 is 1.28 bits per heavy atom. The number of hydrogen-bond donors (Lipinski definition) is 9. The third kappa shape index (κ3) is 27.1. The fourth-order valence-electron chi connectivity index (χ4n) is 3.34. The molecule has 5 amide bonds. The van der Waals surface area contributed by atoms with Crippen molar-refractivity contribution in [3.8, 4) is 11.5 Å². The molecule has 0 saturated carbocycles. The highest BCUT2D eigenvalue weighted by Crippen LogP contribution is 2.22. The summed E-state index contributed by atoms with van der Waals surface area (Å²) in [6.45, 7) is 9.81. The molecule has 0 fully saturated rings. The van der Waals surface area contributed by atoms with Crippen molar-refractivity contribution in [2.75, 3.05) is 89.4 Å². The Hall–Kier alpha value is -5.50. The van der Waals surface area contributed by atoms with E-state index in [1.54, 1.807) is 68.3 Å². The Morgan fingerprint density at radius 2 is 1.00 bits per heavy atom. The molecule has 0 aliphatic carbocycles. The lowest BCUT2D eigenvalue weighted by Crippen LogP contribution is -2.34. The van der Waals surface area contributed by atoms with Crippen LogP contribution in [0.4, 0.5) is 0 Å². The van der Waals surface area contributed by atoms with Crippen LogP contribution in [0.25, 0.3) is 0 Å². The maximum absolute atomic E-state index is 11.1. The average Bonchev–Trinajstić information content (AvgIpc) is 3.91. The number of rotatable bonds is 14. The van der Waals surface area contributed by atoms with E-state index in [4.69, 9.17) is 18.9 Å². The lowest BCUT2D eigenvalue weighted by molar-refractivity contribution is -0.128. The number of nitrogens with one attached hydrogen (secondary N) is 9. The van der Waals surface area contributed by atoms with E-state index in [0.29, 0.717) is 66.1 Å². The smallest absolute Gasteiger partial charge is 0.286 e. The van der Waals surface area contributed by atoms with Gasteiger partial charge in [0.25, 0.3) is 34.5 Å². The molecule has 22 nitrogen and oxygen atoms in total. The second-order valence-corrected chi connectivity index (χ2v) is 13.0. The molecule has 3 rings (SSSR count). The van der Waals surface area contributed by atoms with Gasteiger partial charge in [-0.3, -0.25) is 44.4 Å². The third-order valence-electron chi connectivity index (χ3n) is 6.30. The van der Waals surface area contributed by atoms with Crippen LogP contribution in [0.5, 0.6) is 11.5 Å². The highest BCUT2D eigenvalue weighted by atomic mass is 32.2. The molecule has 0 bridgehead atoms. The first kappa shape index (κ1) is 59.8. The molecule has 346 valence electrons. The standard InChI is InChI=1S/C8H10N2O2S.C8H10O4.C7H12N2O2S.C5H13N3O.C5H10N2O2.C3H8N2S/c1-9-7(11)5-3-4-6(13-5)8(12)10-2;1-3-11-7-5(9)6(10)8(7)12-4-2;1-4-10-6-7(11-5-2)9-12(3)8-6;1-6-5(9)3-4-8-7-2;1-6-4(8)3-5(9)7-2;1-4-3(6)5-2/h3-4H,1-2H3,(H,9,11)(H,10,12);3-4H2,1-2H3;3-5H2,1-2H3;7-8H,3-4H2,1-2H3,(H,6,9);3H2,1-2H3,(H,6,8)(H,7,9);1-2H3,(H2,4,5,6). The summed E-state index contributed by atoms with van der Waals surface area (Å²) in [6, 6.07) is 3.27. The van der Waals surface area contributed by atoms with Crippen LogP contribution < -0.4 is 68.4 Å². The lowest BCUT2D eigenvalue weighted by atomic mass is 10.2. The summed E-state index contributed by atoms with van der Waals surface area (Å²) in [6.07, 6.45) is 0.421. The summed E-state index contributed by atoms with van der Waals surface area (Å²) in [5.41, 5.74) is 4.35. The zero-order valence-corrected chi connectivity index (χ0v) is 39.4. The van der Waals surface area contributed by atoms with Gasteiger partial charge >= 0.3 is 0 Å². The van der Waals surface area contributed by atoms with Crippen LogP contribution in [0.15, 0.2) is 30.5 Å². The van der Waals surface area contributed by atoms with Crippen LogP contribution >= 0.6 is 34.4 Å². The van der Waals surface area contributed by atoms with Crippen LogP contribution in [-0.2, 0) is 23.9 Å². The molecule has 0 atom stereocenters. The van der Waals surface area contributed by atoms with Gasteiger partial charge in [-0.2, -0.15) is 8.80 Å². The summed E-state index contributed by atoms with van der Waals surface area (Å²) >= 11 is 5.81. The second kappa shape index (κ2) is 37.5. The van der Waals surface area contributed by atoms with E-state index in [9.17, 15) is 33.6 Å². The molecule has 0 radical (unpaired) electrons. The first-order valence-corrected chi connectivity index (χ1v) is 21.0. The quantitative estimate of drug-likeness (QED) is 0.0375. The predicted octanol–water partition coefficient (Wildman–Crippen LogP) is -0.627. The van der Waals surface area contributed by atoms with Crippen molar-refractivity contribution in [1.29, 1.82) is 0 Å². The molecule has 0 spiro atoms. The molecule has 2 heterocycles. The van der Waals surface area contributed by atoms with E-state index in [-0.39, 0.29) is 47.5 Å². The van der Waals surface area contributed by atoms with Crippen molar-refractivity contribution < 1.29 is 42.9 Å². The summed E-state index contributed by atoms with van der Waals surface area (Å²) < 4.78 is 28.3. The van der Waals surface area contributed by atoms with Gasteiger partial charge in [0.05, 0.1) is 36.2 Å². The SMILES string of the molecule is C=S1N=C(OCC)C(OCC)=N1.CCOc1c(OCC)c(=O)c1=O.CNC(=O)CC(=O)NC.CNC(=O)c1ccc(C(=O)NC)s1.CNC(=S)NC.CNNCCC(=O)NC. The Morgan fingerprint density at radius 1 is 0.623 bits per heavy atom. The Balaban J connectivity index is -0.000000672. The van der Waals surface area contributed by atoms with Crippen molar-refractivity contribution >= 4 is 86.7 Å². The first-order chi connectivity index (χ1) is 29.0. The highest BCUT2D eigenvalue weighted by molar-refractivity contribution is 8.12. The largest absolute Gasteiger partial charge is 0.486 e. The number of thiophene rings is 1. The van der Waals surface area contributed by atoms with Gasteiger partial charge in [-0.25, -0.2) is 0 Å². The molecule has 1 aromatic carbocycles. The number of carbonyl (C=O) groups is 5. The predicted molar refractivity (Wildman–Crippen MR) is 247 cm³/mol.